The molecule has 24 heavy (non-hydrogen) atoms. The predicted molar refractivity (Wildman–Crippen MR) is 87.5 cm³/mol. The number of aryl methyl sites for hydroxylation is 1. The summed E-state index contributed by atoms with van der Waals surface area (Å²) in [6.45, 7) is 3.89. The maximum absolute atomic E-state index is 11.4. The van der Waals surface area contributed by atoms with Crippen LogP contribution in [-0.4, -0.2) is 50.1 Å². The van der Waals surface area contributed by atoms with Crippen molar-refractivity contribution >= 4 is 34.9 Å². The smallest absolute Gasteiger partial charge is 0.434 e. The van der Waals surface area contributed by atoms with Crippen LogP contribution in [0, 0.1) is 5.92 Å². The molecule has 132 valence electrons. The van der Waals surface area contributed by atoms with Gasteiger partial charge < -0.3 is 24.9 Å². The van der Waals surface area contributed by atoms with Crippen LogP contribution in [0.3, 0.4) is 0 Å². The molecule has 0 aliphatic rings. The number of aromatic nitrogens is 4. The number of fused-ring (bicyclic) bond motifs is 1. The van der Waals surface area contributed by atoms with Crippen LogP contribution in [0.2, 0.25) is 5.15 Å². The molecule has 1 atom stereocenters. The topological polar surface area (TPSA) is 125 Å². The van der Waals surface area contributed by atoms with Gasteiger partial charge in [0.1, 0.15) is 12.1 Å². The Morgan fingerprint density at radius 1 is 1.46 bits per heavy atom. The van der Waals surface area contributed by atoms with E-state index in [4.69, 9.17) is 26.8 Å². The predicted octanol–water partition coefficient (Wildman–Crippen LogP) is 1.62. The molecule has 0 radical (unpaired) electrons. The van der Waals surface area contributed by atoms with Gasteiger partial charge in [0.2, 0.25) is 5.95 Å². The zero-order valence-electron chi connectivity index (χ0n) is 13.5. The summed E-state index contributed by atoms with van der Waals surface area (Å²) in [6.07, 6.45) is 1.12. The fourth-order valence-corrected chi connectivity index (χ4v) is 2.27. The molecule has 1 unspecified atom stereocenters. The maximum Gasteiger partial charge on any atom is 0.508 e. The first kappa shape index (κ1) is 18.2. The van der Waals surface area contributed by atoms with Crippen molar-refractivity contribution in [3.63, 3.8) is 0 Å². The zero-order valence-corrected chi connectivity index (χ0v) is 14.2. The summed E-state index contributed by atoms with van der Waals surface area (Å²) in [6, 6.07) is 0. The number of carbonyl (C=O) groups is 1. The zero-order chi connectivity index (χ0) is 17.7. The Hall–Kier alpha value is -2.13. The van der Waals surface area contributed by atoms with Crippen LogP contribution in [0.1, 0.15) is 20.3 Å². The molecular formula is C14H20ClN5O4. The van der Waals surface area contributed by atoms with E-state index in [0.29, 0.717) is 24.1 Å². The van der Waals surface area contributed by atoms with Gasteiger partial charge in [0.15, 0.2) is 10.8 Å². The first-order valence-electron chi connectivity index (χ1n) is 7.48. The summed E-state index contributed by atoms with van der Waals surface area (Å²) in [4.78, 5) is 23.5. The maximum atomic E-state index is 11.4. The second-order valence-electron chi connectivity index (χ2n) is 5.55. The van der Waals surface area contributed by atoms with E-state index in [1.165, 1.54) is 0 Å². The van der Waals surface area contributed by atoms with Crippen molar-refractivity contribution in [3.05, 3.63) is 11.5 Å². The Bertz CT molecular complexity index is 706. The summed E-state index contributed by atoms with van der Waals surface area (Å²) in [7, 11) is 0. The van der Waals surface area contributed by atoms with Gasteiger partial charge in [-0.2, -0.15) is 9.97 Å². The summed E-state index contributed by atoms with van der Waals surface area (Å²) in [5.41, 5.74) is 6.58. The normalized spacial score (nSPS) is 12.5. The Kier molecular flexibility index (Phi) is 6.16. The summed E-state index contributed by atoms with van der Waals surface area (Å²) in [5.74, 6) is -0.176. The van der Waals surface area contributed by atoms with E-state index in [2.05, 4.69) is 15.0 Å². The Balaban J connectivity index is 1.95. The molecule has 10 heteroatoms. The quantitative estimate of drug-likeness (QED) is 0.565. The highest BCUT2D eigenvalue weighted by Crippen LogP contribution is 2.20. The molecule has 0 aromatic carbocycles. The fraction of sp³-hybridized carbons (Fsp3) is 0.571. The molecule has 2 aromatic rings. The van der Waals surface area contributed by atoms with Gasteiger partial charge in [0, 0.05) is 19.1 Å². The monoisotopic (exact) mass is 357 g/mol. The number of anilines is 1. The fourth-order valence-electron chi connectivity index (χ4n) is 2.05. The van der Waals surface area contributed by atoms with Gasteiger partial charge in [-0.1, -0.05) is 11.6 Å². The minimum atomic E-state index is -0.746. The molecule has 0 amide bonds. The van der Waals surface area contributed by atoms with Gasteiger partial charge in [-0.15, -0.1) is 0 Å². The lowest BCUT2D eigenvalue weighted by molar-refractivity contribution is 0.0179. The van der Waals surface area contributed by atoms with E-state index < -0.39 is 6.16 Å². The van der Waals surface area contributed by atoms with E-state index in [1.54, 1.807) is 24.7 Å². The molecule has 0 aliphatic carbocycles. The van der Waals surface area contributed by atoms with Gasteiger partial charge in [-0.25, -0.2) is 9.78 Å². The molecule has 0 saturated heterocycles. The van der Waals surface area contributed by atoms with Crippen LogP contribution in [0.5, 0.6) is 0 Å². The average molecular weight is 358 g/mol. The summed E-state index contributed by atoms with van der Waals surface area (Å²) in [5, 5.41) is 9.62. The lowest BCUT2D eigenvalue weighted by Crippen LogP contribution is -2.21. The number of imidazole rings is 1. The summed E-state index contributed by atoms with van der Waals surface area (Å²) < 4.78 is 11.6. The van der Waals surface area contributed by atoms with Crippen LogP contribution in [-0.2, 0) is 16.0 Å². The van der Waals surface area contributed by atoms with E-state index >= 15 is 0 Å². The molecule has 3 N–H and O–H groups in total. The SMILES string of the molecule is CC(C)OC(=O)OCC(CO)CCn1cnc2c(Cl)nc(N)nc21. The molecule has 9 nitrogen and oxygen atoms in total. The minimum absolute atomic E-state index is 0.0621. The Morgan fingerprint density at radius 2 is 2.21 bits per heavy atom. The second-order valence-corrected chi connectivity index (χ2v) is 5.91. The number of halogens is 1. The van der Waals surface area contributed by atoms with Crippen molar-refractivity contribution in [1.29, 1.82) is 0 Å². The average Bonchev–Trinajstić information content (AvgIpc) is 2.90. The first-order chi connectivity index (χ1) is 11.4. The number of hydrogen-bond donors (Lipinski definition) is 2. The van der Waals surface area contributed by atoms with Gasteiger partial charge in [-0.05, 0) is 20.3 Å². The Labute approximate surface area is 143 Å². The largest absolute Gasteiger partial charge is 0.508 e. The third-order valence-electron chi connectivity index (χ3n) is 3.24. The van der Waals surface area contributed by atoms with Gasteiger partial charge in [-0.3, -0.25) is 0 Å². The molecule has 2 rings (SSSR count). The third kappa shape index (κ3) is 4.68. The molecule has 0 fully saturated rings. The standard InChI is InChI=1S/C14H20ClN5O4/c1-8(2)24-14(22)23-6-9(5-21)3-4-20-7-17-10-11(15)18-13(16)19-12(10)20/h7-9,21H,3-6H2,1-2H3,(H2,16,18,19). The molecular weight excluding hydrogens is 338 g/mol. The molecule has 2 aromatic heterocycles. The van der Waals surface area contributed by atoms with Crippen molar-refractivity contribution in [2.24, 2.45) is 5.92 Å². The minimum Gasteiger partial charge on any atom is -0.434 e. The van der Waals surface area contributed by atoms with Crippen LogP contribution < -0.4 is 5.73 Å². The second kappa shape index (κ2) is 8.11. The van der Waals surface area contributed by atoms with Crippen LogP contribution in [0.15, 0.2) is 6.33 Å². The van der Waals surface area contributed by atoms with Crippen LogP contribution >= 0.6 is 11.6 Å². The van der Waals surface area contributed by atoms with E-state index in [0.717, 1.165) is 0 Å². The molecule has 0 spiro atoms. The number of hydrogen-bond acceptors (Lipinski definition) is 8. The number of ether oxygens (including phenoxy) is 2. The first-order valence-corrected chi connectivity index (χ1v) is 7.86. The highest BCUT2D eigenvalue weighted by molar-refractivity contribution is 6.33. The van der Waals surface area contributed by atoms with E-state index in [1.807, 2.05) is 0 Å². The molecule has 0 bridgehead atoms. The van der Waals surface area contributed by atoms with Gasteiger partial charge >= 0.3 is 6.16 Å². The van der Waals surface area contributed by atoms with Crippen molar-refractivity contribution in [3.8, 4) is 0 Å². The van der Waals surface area contributed by atoms with Crippen molar-refractivity contribution in [2.45, 2.75) is 32.9 Å². The molecule has 0 aliphatic heterocycles. The molecule has 2 heterocycles. The van der Waals surface area contributed by atoms with Gasteiger partial charge in [0.05, 0.1) is 12.4 Å². The number of carbonyl (C=O) groups excluding carboxylic acids is 1. The molecule has 0 saturated carbocycles. The van der Waals surface area contributed by atoms with E-state index in [-0.39, 0.29) is 36.3 Å². The lowest BCUT2D eigenvalue weighted by atomic mass is 10.1. The number of rotatable bonds is 7. The highest BCUT2D eigenvalue weighted by Gasteiger charge is 2.15. The third-order valence-corrected chi connectivity index (χ3v) is 3.51. The number of nitrogen functional groups attached to an aromatic ring is 1. The van der Waals surface area contributed by atoms with Crippen molar-refractivity contribution in [2.75, 3.05) is 18.9 Å². The Morgan fingerprint density at radius 3 is 2.88 bits per heavy atom. The van der Waals surface area contributed by atoms with Crippen molar-refractivity contribution in [1.82, 2.24) is 19.5 Å². The van der Waals surface area contributed by atoms with Crippen LogP contribution in [0.4, 0.5) is 10.7 Å². The van der Waals surface area contributed by atoms with Crippen LogP contribution in [0.25, 0.3) is 11.2 Å². The van der Waals surface area contributed by atoms with E-state index in [9.17, 15) is 9.90 Å². The summed E-state index contributed by atoms with van der Waals surface area (Å²) >= 11 is 5.97. The number of nitrogens with zero attached hydrogens (tertiary/aromatic N) is 4. The number of aliphatic hydroxyl groups excluding tert-OH is 1. The highest BCUT2D eigenvalue weighted by atomic mass is 35.5. The number of nitrogens with two attached hydrogens (primary N) is 1. The number of aliphatic hydroxyl groups is 1. The van der Waals surface area contributed by atoms with Gasteiger partial charge in [0.25, 0.3) is 0 Å². The van der Waals surface area contributed by atoms with Crippen molar-refractivity contribution < 1.29 is 19.4 Å². The lowest BCUT2D eigenvalue weighted by Gasteiger charge is -2.15.